The van der Waals surface area contributed by atoms with E-state index in [-0.39, 0.29) is 12.1 Å². The third-order valence-corrected chi connectivity index (χ3v) is 7.44. The highest BCUT2D eigenvalue weighted by molar-refractivity contribution is 9.10. The number of pyridine rings is 1. The van der Waals surface area contributed by atoms with Gasteiger partial charge in [-0.2, -0.15) is 0 Å². The minimum Gasteiger partial charge on any atom is -0.351 e. The maximum Gasteiger partial charge on any atom is 0.174 e. The molecule has 3 heterocycles. The molecule has 1 N–H and O–H groups in total. The molecule has 34 heavy (non-hydrogen) atoms. The van der Waals surface area contributed by atoms with Crippen LogP contribution in [0.5, 0.6) is 0 Å². The van der Waals surface area contributed by atoms with E-state index < -0.39 is 0 Å². The summed E-state index contributed by atoms with van der Waals surface area (Å²) in [5, 5.41) is 4.27. The van der Waals surface area contributed by atoms with E-state index >= 15 is 0 Å². The Balaban J connectivity index is 1.65. The van der Waals surface area contributed by atoms with E-state index in [0.717, 1.165) is 22.3 Å². The number of nitrogens with zero attached hydrogens (tertiary/aromatic N) is 3. The molecule has 2 aromatic heterocycles. The minimum absolute atomic E-state index is 0.0292. The van der Waals surface area contributed by atoms with Gasteiger partial charge < -0.3 is 14.8 Å². The van der Waals surface area contributed by atoms with Crippen molar-refractivity contribution in [2.75, 3.05) is 4.90 Å². The molecular weight excluding hydrogens is 504 g/mol. The summed E-state index contributed by atoms with van der Waals surface area (Å²) in [6, 6.07) is 25.4. The van der Waals surface area contributed by atoms with Gasteiger partial charge in [-0.1, -0.05) is 41.1 Å². The van der Waals surface area contributed by atoms with Crippen LogP contribution in [0.1, 0.15) is 47.2 Å². The number of thiocarbonyl (C=S) groups is 1. The maximum absolute atomic E-state index is 5.88. The smallest absolute Gasteiger partial charge is 0.174 e. The molecular formula is C28H27BrN4S. The van der Waals surface area contributed by atoms with E-state index in [9.17, 15) is 0 Å². The first-order chi connectivity index (χ1) is 16.5. The fourth-order valence-corrected chi connectivity index (χ4v) is 5.53. The lowest BCUT2D eigenvalue weighted by Crippen LogP contribution is -2.29. The summed E-state index contributed by atoms with van der Waals surface area (Å²) in [7, 11) is 0. The quantitative estimate of drug-likeness (QED) is 0.282. The lowest BCUT2D eigenvalue weighted by molar-refractivity contribution is 0.565. The van der Waals surface area contributed by atoms with Crippen LogP contribution in [0.25, 0.3) is 5.69 Å². The minimum atomic E-state index is -0.0613. The molecule has 1 fully saturated rings. The topological polar surface area (TPSA) is 33.1 Å². The second kappa shape index (κ2) is 9.35. The van der Waals surface area contributed by atoms with Crippen molar-refractivity contribution in [1.29, 1.82) is 0 Å². The fraction of sp³-hybridized carbons (Fsp3) is 0.214. The van der Waals surface area contributed by atoms with Gasteiger partial charge in [-0.05, 0) is 98.2 Å². The third kappa shape index (κ3) is 4.05. The monoisotopic (exact) mass is 530 g/mol. The van der Waals surface area contributed by atoms with Gasteiger partial charge in [0, 0.05) is 33.4 Å². The van der Waals surface area contributed by atoms with E-state index in [1.807, 2.05) is 18.3 Å². The highest BCUT2D eigenvalue weighted by Crippen LogP contribution is 2.43. The molecule has 0 spiro atoms. The molecule has 4 nitrogen and oxygen atoms in total. The summed E-state index contributed by atoms with van der Waals surface area (Å²) in [6.07, 6.45) is 2.88. The van der Waals surface area contributed by atoms with Gasteiger partial charge >= 0.3 is 0 Å². The third-order valence-electron chi connectivity index (χ3n) is 6.59. The average molecular weight is 532 g/mol. The van der Waals surface area contributed by atoms with Crippen molar-refractivity contribution in [2.24, 2.45) is 0 Å². The van der Waals surface area contributed by atoms with Crippen LogP contribution in [0.15, 0.2) is 83.5 Å². The van der Waals surface area contributed by atoms with Gasteiger partial charge in [-0.25, -0.2) is 0 Å². The molecule has 1 aliphatic rings. The predicted octanol–water partition coefficient (Wildman–Crippen LogP) is 6.99. The molecule has 172 valence electrons. The number of aryl methyl sites for hydroxylation is 2. The molecule has 1 aliphatic heterocycles. The van der Waals surface area contributed by atoms with Gasteiger partial charge in [-0.15, -0.1) is 0 Å². The lowest BCUT2D eigenvalue weighted by Gasteiger charge is -2.28. The number of anilines is 1. The van der Waals surface area contributed by atoms with Crippen LogP contribution in [-0.2, 0) is 6.42 Å². The van der Waals surface area contributed by atoms with Crippen molar-refractivity contribution in [3.05, 3.63) is 112 Å². The van der Waals surface area contributed by atoms with E-state index in [4.69, 9.17) is 12.2 Å². The standard InChI is InChI=1S/C28H27BrN4S/c1-4-20-8-12-22(13-9-20)32-18(2)17-24(19(32)3)27-26(25-7-5-6-16-30-25)31-28(34)33(27)23-14-10-21(29)11-15-23/h5-17,26-27H,4H2,1-3H3,(H,31,34)/t26-,27+/m1/s1. The largest absolute Gasteiger partial charge is 0.351 e. The first kappa shape index (κ1) is 22.8. The van der Waals surface area contributed by atoms with Gasteiger partial charge in [-0.3, -0.25) is 4.98 Å². The fourth-order valence-electron chi connectivity index (χ4n) is 4.92. The number of hydrogen-bond acceptors (Lipinski definition) is 2. The molecule has 5 rings (SSSR count). The van der Waals surface area contributed by atoms with Crippen LogP contribution < -0.4 is 10.2 Å². The first-order valence-corrected chi connectivity index (χ1v) is 12.7. The second-order valence-electron chi connectivity index (χ2n) is 8.65. The molecule has 0 aliphatic carbocycles. The van der Waals surface area contributed by atoms with Crippen LogP contribution in [0.4, 0.5) is 5.69 Å². The Hall–Kier alpha value is -2.96. The summed E-state index contributed by atoms with van der Waals surface area (Å²) in [4.78, 5) is 6.92. The Bertz CT molecular complexity index is 1310. The van der Waals surface area contributed by atoms with Crippen molar-refractivity contribution in [3.8, 4) is 5.69 Å². The SMILES string of the molecule is CCc1ccc(-n2c(C)cc([C@H]3[C@@H](c4ccccn4)NC(=S)N3c3ccc(Br)cc3)c2C)cc1. The zero-order valence-electron chi connectivity index (χ0n) is 19.5. The predicted molar refractivity (Wildman–Crippen MR) is 147 cm³/mol. The van der Waals surface area contributed by atoms with Gasteiger partial charge in [0.05, 0.1) is 17.8 Å². The molecule has 0 radical (unpaired) electrons. The van der Waals surface area contributed by atoms with Gasteiger partial charge in [0.25, 0.3) is 0 Å². The molecule has 0 unspecified atom stereocenters. The Morgan fingerprint density at radius 3 is 2.32 bits per heavy atom. The van der Waals surface area contributed by atoms with E-state index in [1.165, 1.54) is 28.2 Å². The Morgan fingerprint density at radius 1 is 0.971 bits per heavy atom. The molecule has 0 saturated carbocycles. The molecule has 4 aromatic rings. The molecule has 0 bridgehead atoms. The van der Waals surface area contributed by atoms with Crippen LogP contribution in [0.3, 0.4) is 0 Å². The van der Waals surface area contributed by atoms with Crippen molar-refractivity contribution in [3.63, 3.8) is 0 Å². The summed E-state index contributed by atoms with van der Waals surface area (Å²) < 4.78 is 3.38. The first-order valence-electron chi connectivity index (χ1n) is 11.5. The number of nitrogens with one attached hydrogen (secondary N) is 1. The molecule has 0 amide bonds. The van der Waals surface area contributed by atoms with Crippen LogP contribution >= 0.6 is 28.1 Å². The van der Waals surface area contributed by atoms with Crippen LogP contribution in [0.2, 0.25) is 0 Å². The highest BCUT2D eigenvalue weighted by atomic mass is 79.9. The Kier molecular flexibility index (Phi) is 6.28. The van der Waals surface area contributed by atoms with Gasteiger partial charge in [0.15, 0.2) is 5.11 Å². The summed E-state index contributed by atoms with van der Waals surface area (Å²) >= 11 is 9.44. The summed E-state index contributed by atoms with van der Waals surface area (Å²) in [5.74, 6) is 0. The zero-order valence-corrected chi connectivity index (χ0v) is 21.9. The van der Waals surface area contributed by atoms with E-state index in [0.29, 0.717) is 5.11 Å². The van der Waals surface area contributed by atoms with Crippen molar-refractivity contribution in [2.45, 2.75) is 39.3 Å². The average Bonchev–Trinajstić information content (AvgIpc) is 3.35. The molecule has 2 atom stereocenters. The number of benzene rings is 2. The highest BCUT2D eigenvalue weighted by Gasteiger charge is 2.42. The van der Waals surface area contributed by atoms with Crippen LogP contribution in [-0.4, -0.2) is 14.7 Å². The lowest BCUT2D eigenvalue weighted by atomic mass is 9.96. The van der Waals surface area contributed by atoms with Crippen LogP contribution in [0, 0.1) is 13.8 Å². The Labute approximate surface area is 214 Å². The van der Waals surface area contributed by atoms with Crippen molar-refractivity contribution in [1.82, 2.24) is 14.9 Å². The number of aromatic nitrogens is 2. The van der Waals surface area contributed by atoms with Gasteiger partial charge in [0.1, 0.15) is 0 Å². The van der Waals surface area contributed by atoms with Crippen molar-refractivity contribution >= 4 is 38.9 Å². The summed E-state index contributed by atoms with van der Waals surface area (Å²) in [6.45, 7) is 6.56. The van der Waals surface area contributed by atoms with E-state index in [2.05, 4.69) is 117 Å². The Morgan fingerprint density at radius 2 is 1.68 bits per heavy atom. The zero-order chi connectivity index (χ0) is 23.8. The van der Waals surface area contributed by atoms with E-state index in [1.54, 1.807) is 0 Å². The number of hydrogen-bond donors (Lipinski definition) is 1. The van der Waals surface area contributed by atoms with Crippen molar-refractivity contribution < 1.29 is 0 Å². The molecule has 2 aromatic carbocycles. The maximum atomic E-state index is 5.88. The normalized spacial score (nSPS) is 17.8. The summed E-state index contributed by atoms with van der Waals surface area (Å²) in [5.41, 5.74) is 8.20. The van der Waals surface area contributed by atoms with Gasteiger partial charge in [0.2, 0.25) is 0 Å². The molecule has 6 heteroatoms. The second-order valence-corrected chi connectivity index (χ2v) is 9.96. The number of rotatable bonds is 5. The number of halogens is 1. The molecule has 1 saturated heterocycles.